The molecular formula is C16H13BrF3NO. The maximum absolute atomic E-state index is 12.5. The van der Waals surface area contributed by atoms with Crippen LogP contribution in [0.3, 0.4) is 0 Å². The van der Waals surface area contributed by atoms with Crippen molar-refractivity contribution >= 4 is 27.5 Å². The van der Waals surface area contributed by atoms with Gasteiger partial charge >= 0.3 is 6.18 Å². The molecule has 2 aromatic carbocycles. The smallest absolute Gasteiger partial charge is 0.311 e. The van der Waals surface area contributed by atoms with E-state index < -0.39 is 11.7 Å². The van der Waals surface area contributed by atoms with E-state index in [0.29, 0.717) is 5.69 Å². The molecule has 0 aromatic heterocycles. The van der Waals surface area contributed by atoms with Crippen LogP contribution in [0, 0.1) is 6.92 Å². The van der Waals surface area contributed by atoms with Gasteiger partial charge in [-0.05, 0) is 55.0 Å². The van der Waals surface area contributed by atoms with E-state index in [1.807, 2.05) is 13.0 Å². The van der Waals surface area contributed by atoms with Gasteiger partial charge in [0.1, 0.15) is 0 Å². The fourth-order valence-electron chi connectivity index (χ4n) is 2.10. The van der Waals surface area contributed by atoms with Gasteiger partial charge < -0.3 is 4.90 Å². The average Bonchev–Trinajstić information content (AvgIpc) is 2.45. The van der Waals surface area contributed by atoms with Crippen molar-refractivity contribution in [3.8, 4) is 0 Å². The zero-order valence-corrected chi connectivity index (χ0v) is 13.5. The quantitative estimate of drug-likeness (QED) is 0.722. The van der Waals surface area contributed by atoms with Gasteiger partial charge in [-0.25, -0.2) is 0 Å². The van der Waals surface area contributed by atoms with Crippen LogP contribution in [0.5, 0.6) is 0 Å². The largest absolute Gasteiger partial charge is 0.416 e. The third kappa shape index (κ3) is 3.50. The minimum Gasteiger partial charge on any atom is -0.311 e. The first kappa shape index (κ1) is 16.5. The molecule has 0 spiro atoms. The molecule has 0 aliphatic rings. The Bertz CT molecular complexity index is 696. The number of rotatable bonds is 2. The Balaban J connectivity index is 2.27. The topological polar surface area (TPSA) is 20.3 Å². The molecule has 0 saturated carbocycles. The number of alkyl halides is 3. The summed E-state index contributed by atoms with van der Waals surface area (Å²) in [6, 6.07) is 9.66. The summed E-state index contributed by atoms with van der Waals surface area (Å²) in [4.78, 5) is 13.8. The third-order valence-corrected chi connectivity index (χ3v) is 3.78. The monoisotopic (exact) mass is 371 g/mol. The fourth-order valence-corrected chi connectivity index (χ4v) is 2.58. The molecule has 1 amide bonds. The van der Waals surface area contributed by atoms with Crippen molar-refractivity contribution in [2.45, 2.75) is 13.1 Å². The predicted octanol–water partition coefficient (Wildman–Crippen LogP) is 5.05. The first-order chi connectivity index (χ1) is 10.2. The van der Waals surface area contributed by atoms with Gasteiger partial charge in [-0.2, -0.15) is 13.2 Å². The van der Waals surface area contributed by atoms with E-state index >= 15 is 0 Å². The number of anilines is 1. The number of carbonyl (C=O) groups excluding carboxylic acids is 1. The molecule has 0 saturated heterocycles. The van der Waals surface area contributed by atoms with Crippen LogP contribution in [0.4, 0.5) is 18.9 Å². The molecule has 116 valence electrons. The minimum atomic E-state index is -4.41. The Morgan fingerprint density at radius 3 is 2.18 bits per heavy atom. The summed E-state index contributed by atoms with van der Waals surface area (Å²) >= 11 is 3.34. The Hall–Kier alpha value is -1.82. The lowest BCUT2D eigenvalue weighted by molar-refractivity contribution is -0.137. The van der Waals surface area contributed by atoms with Crippen molar-refractivity contribution in [1.82, 2.24) is 0 Å². The predicted molar refractivity (Wildman–Crippen MR) is 83.1 cm³/mol. The van der Waals surface area contributed by atoms with Crippen LogP contribution in [-0.2, 0) is 6.18 Å². The highest BCUT2D eigenvalue weighted by Gasteiger charge is 2.30. The molecule has 0 unspecified atom stereocenters. The molecule has 2 aromatic rings. The summed E-state index contributed by atoms with van der Waals surface area (Å²) < 4.78 is 38.5. The Morgan fingerprint density at radius 2 is 1.68 bits per heavy atom. The Kier molecular flexibility index (Phi) is 4.60. The molecule has 0 N–H and O–H groups in total. The summed E-state index contributed by atoms with van der Waals surface area (Å²) in [6.07, 6.45) is -4.41. The Morgan fingerprint density at radius 1 is 1.09 bits per heavy atom. The molecule has 2 nitrogen and oxygen atoms in total. The van der Waals surface area contributed by atoms with Crippen molar-refractivity contribution < 1.29 is 18.0 Å². The van der Waals surface area contributed by atoms with E-state index in [1.165, 1.54) is 17.0 Å². The molecule has 0 bridgehead atoms. The lowest BCUT2D eigenvalue weighted by Crippen LogP contribution is -2.27. The number of halogens is 4. The van der Waals surface area contributed by atoms with E-state index in [2.05, 4.69) is 15.9 Å². The van der Waals surface area contributed by atoms with E-state index in [1.54, 1.807) is 19.2 Å². The fraction of sp³-hybridized carbons (Fsp3) is 0.188. The molecular weight excluding hydrogens is 359 g/mol. The van der Waals surface area contributed by atoms with Gasteiger partial charge in [-0.1, -0.05) is 15.9 Å². The van der Waals surface area contributed by atoms with Gasteiger partial charge in [0.05, 0.1) is 5.56 Å². The highest BCUT2D eigenvalue weighted by Crippen LogP contribution is 2.30. The van der Waals surface area contributed by atoms with Crippen molar-refractivity contribution in [3.05, 3.63) is 63.6 Å². The molecule has 22 heavy (non-hydrogen) atoms. The van der Waals surface area contributed by atoms with Gasteiger partial charge in [0, 0.05) is 22.8 Å². The maximum atomic E-state index is 12.5. The lowest BCUT2D eigenvalue weighted by Gasteiger charge is -2.20. The second kappa shape index (κ2) is 6.12. The van der Waals surface area contributed by atoms with E-state index in [9.17, 15) is 18.0 Å². The molecule has 0 atom stereocenters. The SMILES string of the molecule is Cc1cc(Br)ccc1N(C)C(=O)c1ccc(C(F)(F)F)cc1. The summed E-state index contributed by atoms with van der Waals surface area (Å²) in [6.45, 7) is 1.86. The van der Waals surface area contributed by atoms with Crippen molar-refractivity contribution in [2.24, 2.45) is 0 Å². The second-order valence-electron chi connectivity index (χ2n) is 4.87. The van der Waals surface area contributed by atoms with Crippen molar-refractivity contribution in [1.29, 1.82) is 0 Å². The van der Waals surface area contributed by atoms with Crippen molar-refractivity contribution in [3.63, 3.8) is 0 Å². The zero-order chi connectivity index (χ0) is 16.5. The molecule has 6 heteroatoms. The number of benzene rings is 2. The number of aryl methyl sites for hydroxylation is 1. The lowest BCUT2D eigenvalue weighted by atomic mass is 10.1. The maximum Gasteiger partial charge on any atom is 0.416 e. The van der Waals surface area contributed by atoms with E-state index in [-0.39, 0.29) is 11.5 Å². The molecule has 0 aliphatic heterocycles. The van der Waals surface area contributed by atoms with Gasteiger partial charge in [-0.3, -0.25) is 4.79 Å². The summed E-state index contributed by atoms with van der Waals surface area (Å²) in [5.74, 6) is -0.362. The minimum absolute atomic E-state index is 0.206. The third-order valence-electron chi connectivity index (χ3n) is 3.28. The molecule has 0 fully saturated rings. The van der Waals surface area contributed by atoms with Crippen LogP contribution >= 0.6 is 15.9 Å². The van der Waals surface area contributed by atoms with Gasteiger partial charge in [-0.15, -0.1) is 0 Å². The van der Waals surface area contributed by atoms with Gasteiger partial charge in [0.15, 0.2) is 0 Å². The Labute approximate surface area is 134 Å². The number of amides is 1. The van der Waals surface area contributed by atoms with Crippen LogP contribution in [0.1, 0.15) is 21.5 Å². The normalized spacial score (nSPS) is 11.4. The average molecular weight is 372 g/mol. The summed E-state index contributed by atoms with van der Waals surface area (Å²) in [7, 11) is 1.59. The second-order valence-corrected chi connectivity index (χ2v) is 5.79. The number of carbonyl (C=O) groups is 1. The number of hydrogen-bond acceptors (Lipinski definition) is 1. The number of nitrogens with zero attached hydrogens (tertiary/aromatic N) is 1. The molecule has 0 radical (unpaired) electrons. The number of hydrogen-bond donors (Lipinski definition) is 0. The summed E-state index contributed by atoms with van der Waals surface area (Å²) in [5, 5.41) is 0. The molecule has 0 heterocycles. The highest BCUT2D eigenvalue weighted by atomic mass is 79.9. The first-order valence-corrected chi connectivity index (χ1v) is 7.21. The van der Waals surface area contributed by atoms with Crippen molar-refractivity contribution in [2.75, 3.05) is 11.9 Å². The van der Waals surface area contributed by atoms with E-state index in [4.69, 9.17) is 0 Å². The van der Waals surface area contributed by atoms with E-state index in [0.717, 1.165) is 22.2 Å². The van der Waals surface area contributed by atoms with Crippen LogP contribution in [0.25, 0.3) is 0 Å². The summed E-state index contributed by atoms with van der Waals surface area (Å²) in [5.41, 5.74) is 1.02. The highest BCUT2D eigenvalue weighted by molar-refractivity contribution is 9.10. The molecule has 2 rings (SSSR count). The van der Waals surface area contributed by atoms with Crippen LogP contribution in [0.2, 0.25) is 0 Å². The zero-order valence-electron chi connectivity index (χ0n) is 11.9. The van der Waals surface area contributed by atoms with Crippen LogP contribution < -0.4 is 4.90 Å². The van der Waals surface area contributed by atoms with Gasteiger partial charge in [0.25, 0.3) is 5.91 Å². The standard InChI is InChI=1S/C16H13BrF3NO/c1-10-9-13(17)7-8-14(10)21(2)15(22)11-3-5-12(6-4-11)16(18,19)20/h3-9H,1-2H3. The van der Waals surface area contributed by atoms with Gasteiger partial charge in [0.2, 0.25) is 0 Å². The molecule has 0 aliphatic carbocycles. The first-order valence-electron chi connectivity index (χ1n) is 6.41. The van der Waals surface area contributed by atoms with Crippen LogP contribution in [-0.4, -0.2) is 13.0 Å². The van der Waals surface area contributed by atoms with Crippen LogP contribution in [0.15, 0.2) is 46.9 Å².